The number of nitrogens with zero attached hydrogens (tertiary/aromatic N) is 1. The van der Waals surface area contributed by atoms with Crippen molar-refractivity contribution in [3.05, 3.63) is 64.2 Å². The van der Waals surface area contributed by atoms with E-state index in [9.17, 15) is 15.3 Å². The molecule has 1 aliphatic heterocycles. The number of piperidine rings is 1. The molecule has 3 N–H and O–H groups in total. The van der Waals surface area contributed by atoms with Crippen molar-refractivity contribution in [2.24, 2.45) is 0 Å². The molecule has 0 aromatic heterocycles. The number of β-amino-alcohol motifs (C(OH)–C–C–N with tert-alkyl or cyclic N) is 1. The van der Waals surface area contributed by atoms with E-state index in [2.05, 4.69) is 0 Å². The number of halogens is 1. The molecule has 0 radical (unpaired) electrons. The minimum atomic E-state index is -1.17. The number of rotatable bonds is 5. The van der Waals surface area contributed by atoms with E-state index >= 15 is 0 Å². The zero-order valence-electron chi connectivity index (χ0n) is 15.5. The molecule has 27 heavy (non-hydrogen) atoms. The van der Waals surface area contributed by atoms with Gasteiger partial charge in [0.2, 0.25) is 0 Å². The summed E-state index contributed by atoms with van der Waals surface area (Å²) in [6.07, 6.45) is -2.55. The summed E-state index contributed by atoms with van der Waals surface area (Å²) in [5, 5.41) is 31.0. The second-order valence-corrected chi connectivity index (χ2v) is 7.44. The van der Waals surface area contributed by atoms with Gasteiger partial charge in [-0.1, -0.05) is 35.9 Å². The van der Waals surface area contributed by atoms with E-state index in [1.807, 2.05) is 61.3 Å². The van der Waals surface area contributed by atoms with E-state index in [4.69, 9.17) is 16.3 Å². The van der Waals surface area contributed by atoms with Gasteiger partial charge in [0.1, 0.15) is 18.0 Å². The van der Waals surface area contributed by atoms with Crippen molar-refractivity contribution in [2.45, 2.75) is 37.7 Å². The van der Waals surface area contributed by atoms with Crippen LogP contribution in [-0.4, -0.2) is 58.7 Å². The fourth-order valence-corrected chi connectivity index (χ4v) is 3.83. The fourth-order valence-electron chi connectivity index (χ4n) is 3.65. The maximum atomic E-state index is 10.5. The summed E-state index contributed by atoms with van der Waals surface area (Å²) in [7, 11) is 1.82. The minimum Gasteiger partial charge on any atom is -0.494 e. The lowest BCUT2D eigenvalue weighted by molar-refractivity contribution is -0.132. The molecule has 0 bridgehead atoms. The second-order valence-electron chi connectivity index (χ2n) is 7.04. The average Bonchev–Trinajstić information content (AvgIpc) is 2.64. The van der Waals surface area contributed by atoms with E-state index in [1.54, 1.807) is 0 Å². The van der Waals surface area contributed by atoms with Gasteiger partial charge in [-0.15, -0.1) is 0 Å². The molecule has 146 valence electrons. The smallest absolute Gasteiger partial charge is 0.119 e. The number of hydrogen-bond donors (Lipinski definition) is 3. The van der Waals surface area contributed by atoms with Gasteiger partial charge < -0.3 is 20.1 Å². The van der Waals surface area contributed by atoms with Crippen LogP contribution in [0.3, 0.4) is 0 Å². The largest absolute Gasteiger partial charge is 0.494 e. The predicted octanol–water partition coefficient (Wildman–Crippen LogP) is 2.40. The van der Waals surface area contributed by atoms with Crippen LogP contribution >= 0.6 is 11.6 Å². The van der Waals surface area contributed by atoms with E-state index in [-0.39, 0.29) is 0 Å². The quantitative estimate of drug-likeness (QED) is 0.730. The highest BCUT2D eigenvalue weighted by atomic mass is 35.5. The molecule has 0 aliphatic carbocycles. The summed E-state index contributed by atoms with van der Waals surface area (Å²) in [5.74, 6) is 0.834. The first-order valence-corrected chi connectivity index (χ1v) is 9.53. The Bertz CT molecular complexity index is 767. The molecule has 1 heterocycles. The van der Waals surface area contributed by atoms with Gasteiger partial charge in [-0.2, -0.15) is 0 Å². The number of ether oxygens (including phenoxy) is 1. The molecule has 5 nitrogen and oxygen atoms in total. The lowest BCUT2D eigenvalue weighted by Gasteiger charge is -2.42. The molecule has 4 atom stereocenters. The highest BCUT2D eigenvalue weighted by Crippen LogP contribution is 2.33. The number of aliphatic hydroxyl groups is 3. The van der Waals surface area contributed by atoms with Crippen LogP contribution in [0.25, 0.3) is 0 Å². The summed E-state index contributed by atoms with van der Waals surface area (Å²) in [6.45, 7) is 2.87. The summed E-state index contributed by atoms with van der Waals surface area (Å²) in [6, 6.07) is 13.1. The molecule has 2 aromatic rings. The molecule has 0 amide bonds. The Balaban J connectivity index is 1.83. The van der Waals surface area contributed by atoms with Crippen LogP contribution in [0, 0.1) is 0 Å². The third-order valence-corrected chi connectivity index (χ3v) is 5.43. The predicted molar refractivity (Wildman–Crippen MR) is 105 cm³/mol. The first-order valence-electron chi connectivity index (χ1n) is 9.15. The fraction of sp³-hybridized carbons (Fsp3) is 0.429. The van der Waals surface area contributed by atoms with Gasteiger partial charge in [0.05, 0.1) is 18.8 Å². The van der Waals surface area contributed by atoms with Crippen LogP contribution < -0.4 is 4.74 Å². The highest BCUT2D eigenvalue weighted by molar-refractivity contribution is 6.31. The number of likely N-dealkylation sites (N-methyl/N-ethyl adjacent to an activating group) is 1. The van der Waals surface area contributed by atoms with E-state index in [0.29, 0.717) is 24.6 Å². The summed E-state index contributed by atoms with van der Waals surface area (Å²) in [5.41, 5.74) is 2.91. The number of likely N-dealkylation sites (tertiary alicyclic amines) is 1. The maximum Gasteiger partial charge on any atom is 0.119 e. The summed E-state index contributed by atoms with van der Waals surface area (Å²) < 4.78 is 5.47. The monoisotopic (exact) mass is 391 g/mol. The van der Waals surface area contributed by atoms with Gasteiger partial charge in [0.25, 0.3) is 0 Å². The van der Waals surface area contributed by atoms with Crippen molar-refractivity contribution in [3.63, 3.8) is 0 Å². The van der Waals surface area contributed by atoms with E-state index < -0.39 is 24.4 Å². The van der Waals surface area contributed by atoms with Crippen molar-refractivity contribution >= 4 is 11.6 Å². The summed E-state index contributed by atoms with van der Waals surface area (Å²) in [4.78, 5) is 1.85. The van der Waals surface area contributed by atoms with Gasteiger partial charge in [0.15, 0.2) is 0 Å². The van der Waals surface area contributed by atoms with Gasteiger partial charge >= 0.3 is 0 Å². The standard InChI is InChI=1S/C21H26ClNO4/c1-3-27-16-7-4-13(5-8-16)10-15-11-14(6-9-17(15)22)19-21(26)20(25)18(24)12-23(19)2/h4-9,11,18-21,24-26H,3,10,12H2,1-2H3/t18-,19?,20+,21?/m1/s1. The molecule has 2 unspecified atom stereocenters. The van der Waals surface area contributed by atoms with Gasteiger partial charge in [-0.25, -0.2) is 0 Å². The minimum absolute atomic E-state index is 0.291. The molecule has 0 saturated carbocycles. The zero-order valence-corrected chi connectivity index (χ0v) is 16.3. The third-order valence-electron chi connectivity index (χ3n) is 5.06. The Morgan fingerprint density at radius 2 is 1.78 bits per heavy atom. The number of aliphatic hydroxyl groups excluding tert-OH is 3. The van der Waals surface area contributed by atoms with Crippen LogP contribution in [0.1, 0.15) is 29.7 Å². The first kappa shape index (κ1) is 20.1. The van der Waals surface area contributed by atoms with Crippen molar-refractivity contribution in [3.8, 4) is 5.75 Å². The van der Waals surface area contributed by atoms with E-state index in [0.717, 1.165) is 22.4 Å². The second kappa shape index (κ2) is 8.59. The molecule has 6 heteroatoms. The summed E-state index contributed by atoms with van der Waals surface area (Å²) >= 11 is 6.40. The SMILES string of the molecule is CCOc1ccc(Cc2cc(C3C(O)[C@@H](O)[C@H](O)CN3C)ccc2Cl)cc1. The first-order chi connectivity index (χ1) is 12.9. The van der Waals surface area contributed by atoms with Crippen molar-refractivity contribution < 1.29 is 20.1 Å². The molecule has 1 aliphatic rings. The van der Waals surface area contributed by atoms with Crippen LogP contribution in [0.2, 0.25) is 5.02 Å². The lowest BCUT2D eigenvalue weighted by Crippen LogP contribution is -2.55. The van der Waals surface area contributed by atoms with Crippen molar-refractivity contribution in [1.82, 2.24) is 4.90 Å². The van der Waals surface area contributed by atoms with Crippen LogP contribution in [-0.2, 0) is 6.42 Å². The van der Waals surface area contributed by atoms with Gasteiger partial charge in [-0.3, -0.25) is 4.90 Å². The van der Waals surface area contributed by atoms with Gasteiger partial charge in [0, 0.05) is 11.6 Å². The Morgan fingerprint density at radius 3 is 2.44 bits per heavy atom. The normalized spacial score (nSPS) is 26.1. The number of benzene rings is 2. The van der Waals surface area contributed by atoms with Crippen molar-refractivity contribution in [2.75, 3.05) is 20.2 Å². The highest BCUT2D eigenvalue weighted by Gasteiger charge is 2.40. The number of hydrogen-bond acceptors (Lipinski definition) is 5. The molecule has 1 fully saturated rings. The van der Waals surface area contributed by atoms with Crippen LogP contribution in [0.5, 0.6) is 5.75 Å². The molecule has 2 aromatic carbocycles. The Hall–Kier alpha value is -1.63. The Labute approximate surface area is 164 Å². The van der Waals surface area contributed by atoms with Gasteiger partial charge in [-0.05, 0) is 55.3 Å². The van der Waals surface area contributed by atoms with Crippen LogP contribution in [0.15, 0.2) is 42.5 Å². The van der Waals surface area contributed by atoms with Crippen LogP contribution in [0.4, 0.5) is 0 Å². The Kier molecular flexibility index (Phi) is 6.40. The van der Waals surface area contributed by atoms with E-state index in [1.165, 1.54) is 0 Å². The molecular formula is C21H26ClNO4. The van der Waals surface area contributed by atoms with Crippen molar-refractivity contribution in [1.29, 1.82) is 0 Å². The lowest BCUT2D eigenvalue weighted by atomic mass is 9.88. The maximum absolute atomic E-state index is 10.5. The topological polar surface area (TPSA) is 73.2 Å². The Morgan fingerprint density at radius 1 is 1.07 bits per heavy atom. The molecule has 1 saturated heterocycles. The molecule has 0 spiro atoms. The molecular weight excluding hydrogens is 366 g/mol. The average molecular weight is 392 g/mol. The molecule has 3 rings (SSSR count). The third kappa shape index (κ3) is 4.45. The zero-order chi connectivity index (χ0) is 19.6.